The molecule has 2 rings (SSSR count). The van der Waals surface area contributed by atoms with Gasteiger partial charge in [-0.1, -0.05) is 13.3 Å². The van der Waals surface area contributed by atoms with Gasteiger partial charge >= 0.3 is 0 Å². The Morgan fingerprint density at radius 3 is 2.47 bits per heavy atom. The lowest BCUT2D eigenvalue weighted by Gasteiger charge is -2.37. The van der Waals surface area contributed by atoms with Gasteiger partial charge in [0, 0.05) is 19.1 Å². The quantitative estimate of drug-likeness (QED) is 0.807. The molecule has 0 aromatic rings. The Morgan fingerprint density at radius 2 is 1.94 bits per heavy atom. The average Bonchev–Trinajstić information content (AvgIpc) is 3.11. The molecule has 5 heteroatoms. The lowest BCUT2D eigenvalue weighted by atomic mass is 9.90. The number of hydrogen-bond donors (Lipinski definition) is 1. The zero-order valence-corrected chi connectivity index (χ0v) is 11.5. The molecule has 4 nitrogen and oxygen atoms in total. The van der Waals surface area contributed by atoms with Crippen molar-refractivity contribution in [3.05, 3.63) is 0 Å². The molecule has 0 amide bonds. The minimum absolute atomic E-state index is 0.0393. The maximum Gasteiger partial charge on any atom is 0.214 e. The van der Waals surface area contributed by atoms with Crippen molar-refractivity contribution >= 4 is 10.0 Å². The number of piperidine rings is 1. The smallest absolute Gasteiger partial charge is 0.214 e. The first-order chi connectivity index (χ1) is 8.06. The molecule has 2 fully saturated rings. The van der Waals surface area contributed by atoms with Crippen molar-refractivity contribution in [3.8, 4) is 0 Å². The fourth-order valence-electron chi connectivity index (χ4n) is 2.74. The zero-order valence-electron chi connectivity index (χ0n) is 10.6. The second kappa shape index (κ2) is 5.24. The number of rotatable bonds is 5. The third-order valence-electron chi connectivity index (χ3n) is 4.12. The van der Waals surface area contributed by atoms with Crippen molar-refractivity contribution in [2.45, 2.75) is 45.1 Å². The van der Waals surface area contributed by atoms with Crippen LogP contribution in [0.25, 0.3) is 0 Å². The Kier molecular flexibility index (Phi) is 4.10. The second-order valence-electron chi connectivity index (χ2n) is 5.52. The van der Waals surface area contributed by atoms with Gasteiger partial charge in [0.15, 0.2) is 0 Å². The highest BCUT2D eigenvalue weighted by atomic mass is 32.2. The molecule has 17 heavy (non-hydrogen) atoms. The van der Waals surface area contributed by atoms with E-state index < -0.39 is 10.0 Å². The first kappa shape index (κ1) is 13.3. The summed E-state index contributed by atoms with van der Waals surface area (Å²) >= 11 is 0. The molecular weight excluding hydrogens is 236 g/mol. The summed E-state index contributed by atoms with van der Waals surface area (Å²) < 4.78 is 26.2. The topological polar surface area (TPSA) is 63.4 Å². The normalized spacial score (nSPS) is 31.6. The van der Waals surface area contributed by atoms with E-state index in [9.17, 15) is 8.42 Å². The Hall–Kier alpha value is -0.130. The lowest BCUT2D eigenvalue weighted by Crippen LogP contribution is -2.50. The van der Waals surface area contributed by atoms with Crippen LogP contribution in [0.15, 0.2) is 0 Å². The molecule has 100 valence electrons. The highest BCUT2D eigenvalue weighted by molar-refractivity contribution is 7.89. The van der Waals surface area contributed by atoms with Crippen LogP contribution in [-0.2, 0) is 10.0 Å². The molecule has 1 aliphatic carbocycles. The molecule has 1 saturated heterocycles. The molecule has 1 aliphatic heterocycles. The summed E-state index contributed by atoms with van der Waals surface area (Å²) in [5, 5.41) is 0. The van der Waals surface area contributed by atoms with E-state index in [-0.39, 0.29) is 6.04 Å². The Labute approximate surface area is 105 Å². The summed E-state index contributed by atoms with van der Waals surface area (Å²) in [6.45, 7) is 3.31. The summed E-state index contributed by atoms with van der Waals surface area (Å²) in [4.78, 5) is 0. The van der Waals surface area contributed by atoms with E-state index >= 15 is 0 Å². The molecule has 0 spiro atoms. The van der Waals surface area contributed by atoms with Crippen molar-refractivity contribution in [2.75, 3.05) is 18.8 Å². The molecule has 0 aromatic heterocycles. The van der Waals surface area contributed by atoms with Crippen LogP contribution in [0.4, 0.5) is 0 Å². The van der Waals surface area contributed by atoms with E-state index in [4.69, 9.17) is 5.73 Å². The van der Waals surface area contributed by atoms with Gasteiger partial charge in [0.25, 0.3) is 0 Å². The summed E-state index contributed by atoms with van der Waals surface area (Å²) in [5.74, 6) is 1.42. The molecule has 2 aliphatic rings. The van der Waals surface area contributed by atoms with Gasteiger partial charge in [-0.05, 0) is 37.5 Å². The summed E-state index contributed by atoms with van der Waals surface area (Å²) in [6.07, 6.45) is 5.23. The van der Waals surface area contributed by atoms with Gasteiger partial charge in [-0.25, -0.2) is 8.42 Å². The maximum absolute atomic E-state index is 12.3. The van der Waals surface area contributed by atoms with Gasteiger partial charge in [0.1, 0.15) is 0 Å². The lowest BCUT2D eigenvalue weighted by molar-refractivity contribution is 0.197. The van der Waals surface area contributed by atoms with Crippen LogP contribution in [-0.4, -0.2) is 37.6 Å². The van der Waals surface area contributed by atoms with Gasteiger partial charge in [-0.15, -0.1) is 0 Å². The standard InChI is InChI=1S/C12H24N2O2S/c1-2-10-5-6-14(12(7-10)8-13)17(15,16)9-11-3-4-11/h10-12H,2-9,13H2,1H3. The number of nitrogens with two attached hydrogens (primary N) is 1. The summed E-state index contributed by atoms with van der Waals surface area (Å²) in [5.41, 5.74) is 5.75. The predicted octanol–water partition coefficient (Wildman–Crippen LogP) is 1.18. The first-order valence-corrected chi connectivity index (χ1v) is 8.37. The second-order valence-corrected chi connectivity index (χ2v) is 7.49. The Morgan fingerprint density at radius 1 is 1.24 bits per heavy atom. The van der Waals surface area contributed by atoms with Crippen LogP contribution in [0.1, 0.15) is 39.0 Å². The van der Waals surface area contributed by atoms with E-state index in [1.807, 2.05) is 0 Å². The zero-order chi connectivity index (χ0) is 12.5. The first-order valence-electron chi connectivity index (χ1n) is 6.76. The molecule has 0 aromatic carbocycles. The van der Waals surface area contributed by atoms with Crippen molar-refractivity contribution in [3.63, 3.8) is 0 Å². The third kappa shape index (κ3) is 3.20. The Balaban J connectivity index is 2.03. The van der Waals surface area contributed by atoms with Crippen molar-refractivity contribution in [2.24, 2.45) is 17.6 Å². The van der Waals surface area contributed by atoms with Crippen LogP contribution < -0.4 is 5.73 Å². The van der Waals surface area contributed by atoms with Crippen LogP contribution >= 0.6 is 0 Å². The van der Waals surface area contributed by atoms with Gasteiger partial charge < -0.3 is 5.73 Å². The molecule has 0 radical (unpaired) electrons. The highest BCUT2D eigenvalue weighted by Gasteiger charge is 2.37. The largest absolute Gasteiger partial charge is 0.329 e. The van der Waals surface area contributed by atoms with E-state index in [0.29, 0.717) is 30.7 Å². The van der Waals surface area contributed by atoms with Crippen molar-refractivity contribution in [1.82, 2.24) is 4.31 Å². The molecule has 2 unspecified atom stereocenters. The Bertz CT molecular complexity index is 352. The van der Waals surface area contributed by atoms with E-state index in [1.165, 1.54) is 0 Å². The summed E-state index contributed by atoms with van der Waals surface area (Å²) in [7, 11) is -3.06. The third-order valence-corrected chi connectivity index (χ3v) is 6.21. The van der Waals surface area contributed by atoms with Crippen LogP contribution in [0.5, 0.6) is 0 Å². The van der Waals surface area contributed by atoms with Crippen LogP contribution in [0.3, 0.4) is 0 Å². The molecule has 2 N–H and O–H groups in total. The number of nitrogens with zero attached hydrogens (tertiary/aromatic N) is 1. The van der Waals surface area contributed by atoms with E-state index in [0.717, 1.165) is 32.1 Å². The monoisotopic (exact) mass is 260 g/mol. The van der Waals surface area contributed by atoms with E-state index in [1.54, 1.807) is 4.31 Å². The van der Waals surface area contributed by atoms with Gasteiger partial charge in [0.05, 0.1) is 5.75 Å². The molecule has 1 saturated carbocycles. The molecule has 0 bridgehead atoms. The molecule has 1 heterocycles. The molecule has 2 atom stereocenters. The van der Waals surface area contributed by atoms with Crippen molar-refractivity contribution in [1.29, 1.82) is 0 Å². The minimum Gasteiger partial charge on any atom is -0.329 e. The summed E-state index contributed by atoms with van der Waals surface area (Å²) in [6, 6.07) is 0.0393. The van der Waals surface area contributed by atoms with Gasteiger partial charge in [0.2, 0.25) is 10.0 Å². The van der Waals surface area contributed by atoms with E-state index in [2.05, 4.69) is 6.92 Å². The van der Waals surface area contributed by atoms with Gasteiger partial charge in [-0.3, -0.25) is 0 Å². The number of sulfonamides is 1. The predicted molar refractivity (Wildman–Crippen MR) is 69.1 cm³/mol. The fraction of sp³-hybridized carbons (Fsp3) is 1.00. The minimum atomic E-state index is -3.06. The SMILES string of the molecule is CCC1CCN(S(=O)(=O)CC2CC2)C(CN)C1. The van der Waals surface area contributed by atoms with Gasteiger partial charge in [-0.2, -0.15) is 4.31 Å². The average molecular weight is 260 g/mol. The van der Waals surface area contributed by atoms with Crippen molar-refractivity contribution < 1.29 is 8.42 Å². The maximum atomic E-state index is 12.3. The molecular formula is C12H24N2O2S. The fourth-order valence-corrected chi connectivity index (χ4v) is 4.87. The van der Waals surface area contributed by atoms with Crippen LogP contribution in [0, 0.1) is 11.8 Å². The highest BCUT2D eigenvalue weighted by Crippen LogP contribution is 2.33. The van der Waals surface area contributed by atoms with Crippen LogP contribution in [0.2, 0.25) is 0 Å². The number of hydrogen-bond acceptors (Lipinski definition) is 3.